The molecule has 2 aromatic rings. The number of nitrogens with one attached hydrogen (secondary N) is 1. The van der Waals surface area contributed by atoms with Crippen molar-refractivity contribution in [3.05, 3.63) is 35.0 Å². The highest BCUT2D eigenvalue weighted by Crippen LogP contribution is 2.36. The van der Waals surface area contributed by atoms with E-state index >= 15 is 0 Å². The molecule has 6 heteroatoms. The first-order chi connectivity index (χ1) is 10.6. The lowest BCUT2D eigenvalue weighted by molar-refractivity contribution is 0.195. The molecule has 0 aliphatic heterocycles. The van der Waals surface area contributed by atoms with Gasteiger partial charge < -0.3 is 14.6 Å². The van der Waals surface area contributed by atoms with E-state index in [1.54, 1.807) is 19.1 Å². The van der Waals surface area contributed by atoms with E-state index in [1.807, 2.05) is 12.1 Å². The fourth-order valence-electron chi connectivity index (χ4n) is 2.67. The zero-order valence-electron chi connectivity index (χ0n) is 12.3. The maximum atomic E-state index is 12.1. The summed E-state index contributed by atoms with van der Waals surface area (Å²) in [4.78, 5) is 12.1. The van der Waals surface area contributed by atoms with Crippen LogP contribution in [0.15, 0.2) is 28.8 Å². The van der Waals surface area contributed by atoms with Crippen LogP contribution >= 0.6 is 11.6 Å². The minimum absolute atomic E-state index is 0.191. The zero-order chi connectivity index (χ0) is 15.5. The number of benzene rings is 1. The summed E-state index contributed by atoms with van der Waals surface area (Å²) in [7, 11) is 0. The number of aromatic nitrogens is 1. The highest BCUT2D eigenvalue weighted by Gasteiger charge is 2.23. The Kier molecular flexibility index (Phi) is 4.34. The second-order valence-corrected chi connectivity index (χ2v) is 5.82. The molecule has 1 N–H and O–H groups in total. The molecule has 1 amide bonds. The van der Waals surface area contributed by atoms with Crippen molar-refractivity contribution >= 4 is 17.7 Å². The lowest BCUT2D eigenvalue weighted by Crippen LogP contribution is -2.35. The van der Waals surface area contributed by atoms with Crippen LogP contribution in [0, 0.1) is 6.92 Å². The lowest BCUT2D eigenvalue weighted by atomic mass is 10.1. The highest BCUT2D eigenvalue weighted by atomic mass is 35.5. The Morgan fingerprint density at radius 2 is 2.09 bits per heavy atom. The number of hydrogen-bond acceptors (Lipinski definition) is 4. The molecule has 22 heavy (non-hydrogen) atoms. The van der Waals surface area contributed by atoms with E-state index in [2.05, 4.69) is 10.5 Å². The molecule has 0 saturated heterocycles. The molecule has 1 fully saturated rings. The van der Waals surface area contributed by atoms with E-state index in [-0.39, 0.29) is 6.04 Å². The van der Waals surface area contributed by atoms with E-state index in [0.717, 1.165) is 25.7 Å². The van der Waals surface area contributed by atoms with Gasteiger partial charge in [-0.2, -0.15) is 0 Å². The molecule has 0 unspecified atom stereocenters. The summed E-state index contributed by atoms with van der Waals surface area (Å²) in [5.41, 5.74) is 1.11. The average molecular weight is 321 g/mol. The Morgan fingerprint density at radius 1 is 1.36 bits per heavy atom. The minimum atomic E-state index is -0.480. The Bertz CT molecular complexity index is 678. The molecule has 0 spiro atoms. The van der Waals surface area contributed by atoms with Gasteiger partial charge in [0.2, 0.25) is 5.75 Å². The summed E-state index contributed by atoms with van der Waals surface area (Å²) < 4.78 is 10.6. The van der Waals surface area contributed by atoms with Crippen LogP contribution in [-0.4, -0.2) is 17.3 Å². The number of amides is 1. The van der Waals surface area contributed by atoms with Gasteiger partial charge in [0.25, 0.3) is 0 Å². The Hall–Kier alpha value is -2.01. The molecule has 1 aromatic carbocycles. The van der Waals surface area contributed by atoms with Gasteiger partial charge in [0, 0.05) is 18.5 Å². The number of rotatable bonds is 3. The fraction of sp³-hybridized carbons (Fsp3) is 0.375. The number of carbonyl (C=O) groups excluding carboxylic acids is 1. The molecular weight excluding hydrogens is 304 g/mol. The molecule has 116 valence electrons. The lowest BCUT2D eigenvalue weighted by Gasteiger charge is -2.12. The molecule has 1 aromatic heterocycles. The molecule has 5 nitrogen and oxygen atoms in total. The van der Waals surface area contributed by atoms with Crippen molar-refractivity contribution in [3.63, 3.8) is 0 Å². The van der Waals surface area contributed by atoms with Crippen LogP contribution in [0.5, 0.6) is 5.75 Å². The second kappa shape index (κ2) is 6.40. The predicted octanol–water partition coefficient (Wildman–Crippen LogP) is 4.33. The van der Waals surface area contributed by atoms with Crippen LogP contribution in [0.2, 0.25) is 5.02 Å². The van der Waals surface area contributed by atoms with Crippen molar-refractivity contribution in [1.82, 2.24) is 10.5 Å². The van der Waals surface area contributed by atoms with Crippen molar-refractivity contribution in [3.8, 4) is 17.0 Å². The van der Waals surface area contributed by atoms with Crippen LogP contribution < -0.4 is 10.1 Å². The van der Waals surface area contributed by atoms with Gasteiger partial charge in [-0.1, -0.05) is 47.8 Å². The number of ether oxygens (including phenoxy) is 1. The Balaban J connectivity index is 1.80. The fourth-order valence-corrected chi connectivity index (χ4v) is 2.89. The van der Waals surface area contributed by atoms with E-state index < -0.39 is 6.09 Å². The van der Waals surface area contributed by atoms with Gasteiger partial charge in [0.15, 0.2) is 11.5 Å². The van der Waals surface area contributed by atoms with Crippen molar-refractivity contribution in [1.29, 1.82) is 0 Å². The SMILES string of the molecule is Cc1onc(-c2ccccc2Cl)c1OC(=O)NC1CCCC1. The summed E-state index contributed by atoms with van der Waals surface area (Å²) in [6.45, 7) is 1.70. The summed E-state index contributed by atoms with van der Waals surface area (Å²) in [6.07, 6.45) is 3.79. The third kappa shape index (κ3) is 3.09. The van der Waals surface area contributed by atoms with Gasteiger partial charge in [-0.05, 0) is 18.9 Å². The number of aryl methyl sites for hydroxylation is 1. The number of hydrogen-bond donors (Lipinski definition) is 1. The number of carbonyl (C=O) groups is 1. The van der Waals surface area contributed by atoms with Gasteiger partial charge in [0.1, 0.15) is 0 Å². The maximum Gasteiger partial charge on any atom is 0.413 e. The Labute approximate surface area is 133 Å². The first-order valence-electron chi connectivity index (χ1n) is 7.34. The first-order valence-corrected chi connectivity index (χ1v) is 7.72. The average Bonchev–Trinajstić information content (AvgIpc) is 3.11. The maximum absolute atomic E-state index is 12.1. The van der Waals surface area contributed by atoms with Crippen LogP contribution in [-0.2, 0) is 0 Å². The van der Waals surface area contributed by atoms with Crippen molar-refractivity contribution in [2.24, 2.45) is 0 Å². The second-order valence-electron chi connectivity index (χ2n) is 5.41. The normalized spacial score (nSPS) is 15.0. The minimum Gasteiger partial charge on any atom is -0.404 e. The zero-order valence-corrected chi connectivity index (χ0v) is 13.0. The molecule has 1 aliphatic carbocycles. The van der Waals surface area contributed by atoms with E-state index in [9.17, 15) is 4.79 Å². The standard InChI is InChI=1S/C16H17ClN2O3/c1-10-15(21-16(20)18-11-6-2-3-7-11)14(19-22-10)12-8-4-5-9-13(12)17/h4-5,8-9,11H,2-3,6-7H2,1H3,(H,18,20). The van der Waals surface area contributed by atoms with Gasteiger partial charge in [0.05, 0.1) is 5.02 Å². The van der Waals surface area contributed by atoms with Gasteiger partial charge in [-0.3, -0.25) is 0 Å². The van der Waals surface area contributed by atoms with E-state index in [1.165, 1.54) is 0 Å². The first kappa shape index (κ1) is 14.9. The van der Waals surface area contributed by atoms with Gasteiger partial charge in [-0.25, -0.2) is 4.79 Å². The Morgan fingerprint density at radius 3 is 2.82 bits per heavy atom. The van der Waals surface area contributed by atoms with E-state index in [0.29, 0.717) is 27.8 Å². The monoisotopic (exact) mass is 320 g/mol. The summed E-state index contributed by atoms with van der Waals surface area (Å²) in [5, 5.41) is 7.37. The highest BCUT2D eigenvalue weighted by molar-refractivity contribution is 6.33. The smallest absolute Gasteiger partial charge is 0.404 e. The van der Waals surface area contributed by atoms with Crippen LogP contribution in [0.3, 0.4) is 0 Å². The van der Waals surface area contributed by atoms with Crippen LogP contribution in [0.1, 0.15) is 31.4 Å². The third-order valence-electron chi connectivity index (χ3n) is 3.81. The predicted molar refractivity (Wildman–Crippen MR) is 83.1 cm³/mol. The molecule has 1 heterocycles. The quantitative estimate of drug-likeness (QED) is 0.914. The van der Waals surface area contributed by atoms with Crippen molar-refractivity contribution in [2.45, 2.75) is 38.6 Å². The van der Waals surface area contributed by atoms with Crippen LogP contribution in [0.4, 0.5) is 4.79 Å². The van der Waals surface area contributed by atoms with Crippen LogP contribution in [0.25, 0.3) is 11.3 Å². The molecule has 0 bridgehead atoms. The molecular formula is C16H17ClN2O3. The molecule has 0 atom stereocenters. The molecule has 1 aliphatic rings. The van der Waals surface area contributed by atoms with Gasteiger partial charge >= 0.3 is 6.09 Å². The number of halogens is 1. The third-order valence-corrected chi connectivity index (χ3v) is 4.14. The van der Waals surface area contributed by atoms with Gasteiger partial charge in [-0.15, -0.1) is 0 Å². The van der Waals surface area contributed by atoms with E-state index in [4.69, 9.17) is 20.9 Å². The number of nitrogens with zero attached hydrogens (tertiary/aromatic N) is 1. The topological polar surface area (TPSA) is 64.4 Å². The van der Waals surface area contributed by atoms with Crippen molar-refractivity contribution < 1.29 is 14.1 Å². The summed E-state index contributed by atoms with van der Waals surface area (Å²) in [6, 6.07) is 7.42. The largest absolute Gasteiger partial charge is 0.413 e. The van der Waals surface area contributed by atoms with Crippen molar-refractivity contribution in [2.75, 3.05) is 0 Å². The molecule has 0 radical (unpaired) electrons. The molecule has 3 rings (SSSR count). The summed E-state index contributed by atoms with van der Waals surface area (Å²) >= 11 is 6.18. The molecule has 1 saturated carbocycles. The summed E-state index contributed by atoms with van der Waals surface area (Å²) in [5.74, 6) is 0.750.